The van der Waals surface area contributed by atoms with Crippen LogP contribution in [0.1, 0.15) is 31.7 Å². The molecular weight excluding hydrogens is 266 g/mol. The normalized spacial score (nSPS) is 13.4. The molecule has 4 nitrogen and oxygen atoms in total. The number of aliphatic carboxylic acids is 1. The van der Waals surface area contributed by atoms with Gasteiger partial charge in [0.1, 0.15) is 5.54 Å². The topological polar surface area (TPSA) is 72.5 Å². The van der Waals surface area contributed by atoms with E-state index >= 15 is 0 Å². The Bertz CT molecular complexity index is 372. The van der Waals surface area contributed by atoms with E-state index in [9.17, 15) is 4.79 Å². The molecule has 1 atom stereocenters. The van der Waals surface area contributed by atoms with Crippen molar-refractivity contribution in [1.82, 2.24) is 0 Å². The average Bonchev–Trinajstić information content (AvgIpc) is 2.37. The molecule has 0 aliphatic heterocycles. The molecule has 0 aliphatic rings. The Balaban J connectivity index is 0.00000324. The maximum Gasteiger partial charge on any atom is 0.326 e. The zero-order valence-corrected chi connectivity index (χ0v) is 12.0. The quantitative estimate of drug-likeness (QED) is 0.771. The number of unbranched alkanes of at least 4 members (excludes halogenated alkanes) is 1. The SMILES string of the molecule is CCCC[C@@](N)(COCc1ccccc1)C(=O)O.Cl. The summed E-state index contributed by atoms with van der Waals surface area (Å²) in [6, 6.07) is 9.64. The molecule has 1 aromatic carbocycles. The van der Waals surface area contributed by atoms with Crippen LogP contribution in [-0.2, 0) is 16.1 Å². The van der Waals surface area contributed by atoms with Crippen LogP contribution in [0.2, 0.25) is 0 Å². The molecule has 3 N–H and O–H groups in total. The van der Waals surface area contributed by atoms with Crippen LogP contribution in [-0.4, -0.2) is 23.2 Å². The van der Waals surface area contributed by atoms with Crippen LogP contribution in [0.15, 0.2) is 30.3 Å². The van der Waals surface area contributed by atoms with E-state index in [1.54, 1.807) is 0 Å². The van der Waals surface area contributed by atoms with Gasteiger partial charge in [0, 0.05) is 0 Å². The largest absolute Gasteiger partial charge is 0.480 e. The Morgan fingerprint density at radius 1 is 1.37 bits per heavy atom. The first-order valence-corrected chi connectivity index (χ1v) is 6.22. The summed E-state index contributed by atoms with van der Waals surface area (Å²) in [5.41, 5.74) is 5.61. The van der Waals surface area contributed by atoms with Crippen LogP contribution in [0.25, 0.3) is 0 Å². The highest BCUT2D eigenvalue weighted by molar-refractivity contribution is 5.85. The second-order valence-corrected chi connectivity index (χ2v) is 4.54. The monoisotopic (exact) mass is 287 g/mol. The van der Waals surface area contributed by atoms with Gasteiger partial charge in [-0.2, -0.15) is 0 Å². The van der Waals surface area contributed by atoms with Gasteiger partial charge in [0.15, 0.2) is 0 Å². The van der Waals surface area contributed by atoms with Gasteiger partial charge >= 0.3 is 5.97 Å². The fraction of sp³-hybridized carbons (Fsp3) is 0.500. The highest BCUT2D eigenvalue weighted by atomic mass is 35.5. The smallest absolute Gasteiger partial charge is 0.326 e. The molecular formula is C14H22ClNO3. The van der Waals surface area contributed by atoms with Crippen molar-refractivity contribution in [2.45, 2.75) is 38.3 Å². The van der Waals surface area contributed by atoms with Crippen molar-refractivity contribution in [2.75, 3.05) is 6.61 Å². The van der Waals surface area contributed by atoms with Gasteiger partial charge in [-0.3, -0.25) is 4.79 Å². The van der Waals surface area contributed by atoms with E-state index in [1.165, 1.54) is 0 Å². The number of benzene rings is 1. The first kappa shape index (κ1) is 17.9. The fourth-order valence-corrected chi connectivity index (χ4v) is 1.66. The van der Waals surface area contributed by atoms with Gasteiger partial charge in [-0.05, 0) is 12.0 Å². The zero-order chi connectivity index (χ0) is 13.4. The van der Waals surface area contributed by atoms with Gasteiger partial charge in [-0.25, -0.2) is 0 Å². The maximum atomic E-state index is 11.2. The lowest BCUT2D eigenvalue weighted by Gasteiger charge is -2.24. The molecule has 108 valence electrons. The van der Waals surface area contributed by atoms with Gasteiger partial charge in [0.25, 0.3) is 0 Å². The number of carboxylic acids is 1. The minimum Gasteiger partial charge on any atom is -0.480 e. The molecule has 1 aromatic rings. The van der Waals surface area contributed by atoms with Crippen molar-refractivity contribution < 1.29 is 14.6 Å². The predicted octanol–water partition coefficient (Wildman–Crippen LogP) is 2.60. The van der Waals surface area contributed by atoms with Crippen LogP contribution in [0.4, 0.5) is 0 Å². The third kappa shape index (κ3) is 6.05. The Morgan fingerprint density at radius 2 is 2.00 bits per heavy atom. The number of nitrogens with two attached hydrogens (primary N) is 1. The molecule has 0 aromatic heterocycles. The summed E-state index contributed by atoms with van der Waals surface area (Å²) in [5.74, 6) is -0.996. The minimum absolute atomic E-state index is 0. The lowest BCUT2D eigenvalue weighted by molar-refractivity contribution is -0.146. The van der Waals surface area contributed by atoms with E-state index < -0.39 is 11.5 Å². The van der Waals surface area contributed by atoms with Crippen molar-refractivity contribution in [3.63, 3.8) is 0 Å². The van der Waals surface area contributed by atoms with Gasteiger partial charge in [-0.15, -0.1) is 12.4 Å². The molecule has 0 bridgehead atoms. The molecule has 0 saturated carbocycles. The van der Waals surface area contributed by atoms with E-state index in [2.05, 4.69) is 0 Å². The van der Waals surface area contributed by atoms with Crippen molar-refractivity contribution in [3.8, 4) is 0 Å². The molecule has 19 heavy (non-hydrogen) atoms. The summed E-state index contributed by atoms with van der Waals surface area (Å²) < 4.78 is 5.44. The van der Waals surface area contributed by atoms with Gasteiger partial charge in [0.05, 0.1) is 13.2 Å². The van der Waals surface area contributed by atoms with E-state index in [1.807, 2.05) is 37.3 Å². The van der Waals surface area contributed by atoms with Gasteiger partial charge in [-0.1, -0.05) is 50.1 Å². The summed E-state index contributed by atoms with van der Waals surface area (Å²) in [5, 5.41) is 9.15. The van der Waals surface area contributed by atoms with E-state index in [-0.39, 0.29) is 19.0 Å². The summed E-state index contributed by atoms with van der Waals surface area (Å²) in [6.07, 6.45) is 2.15. The van der Waals surface area contributed by atoms with Gasteiger partial charge < -0.3 is 15.6 Å². The van der Waals surface area contributed by atoms with Crippen molar-refractivity contribution in [3.05, 3.63) is 35.9 Å². The standard InChI is InChI=1S/C14H21NO3.ClH/c1-2-3-9-14(15,13(16)17)11-18-10-12-7-5-4-6-8-12;/h4-8H,2-3,9-11,15H2,1H3,(H,16,17);1H/t14-;/m1./s1. The molecule has 0 fully saturated rings. The average molecular weight is 288 g/mol. The summed E-state index contributed by atoms with van der Waals surface area (Å²) >= 11 is 0. The number of halogens is 1. The highest BCUT2D eigenvalue weighted by Crippen LogP contribution is 2.13. The number of hydrogen-bond donors (Lipinski definition) is 2. The van der Waals surface area contributed by atoms with E-state index in [4.69, 9.17) is 15.6 Å². The maximum absolute atomic E-state index is 11.2. The molecule has 0 heterocycles. The van der Waals surface area contributed by atoms with E-state index in [0.717, 1.165) is 18.4 Å². The molecule has 1 rings (SSSR count). The number of carboxylic acid groups (broad SMARTS) is 1. The number of ether oxygens (including phenoxy) is 1. The lowest BCUT2D eigenvalue weighted by atomic mass is 9.95. The lowest BCUT2D eigenvalue weighted by Crippen LogP contribution is -2.51. The van der Waals surface area contributed by atoms with Gasteiger partial charge in [0.2, 0.25) is 0 Å². The van der Waals surface area contributed by atoms with Crippen molar-refractivity contribution in [1.29, 1.82) is 0 Å². The summed E-state index contributed by atoms with van der Waals surface area (Å²) in [7, 11) is 0. The Hall–Kier alpha value is -1.10. The second kappa shape index (κ2) is 8.91. The molecule has 0 spiro atoms. The fourth-order valence-electron chi connectivity index (χ4n) is 1.66. The van der Waals surface area contributed by atoms with Crippen LogP contribution >= 0.6 is 12.4 Å². The third-order valence-corrected chi connectivity index (χ3v) is 2.87. The molecule has 0 saturated heterocycles. The third-order valence-electron chi connectivity index (χ3n) is 2.87. The summed E-state index contributed by atoms with van der Waals surface area (Å²) in [6.45, 7) is 2.43. The predicted molar refractivity (Wildman–Crippen MR) is 77.4 cm³/mol. The minimum atomic E-state index is -1.27. The second-order valence-electron chi connectivity index (χ2n) is 4.54. The first-order valence-electron chi connectivity index (χ1n) is 6.22. The first-order chi connectivity index (χ1) is 8.58. The summed E-state index contributed by atoms with van der Waals surface area (Å²) in [4.78, 5) is 11.2. The van der Waals surface area contributed by atoms with Crippen molar-refractivity contribution >= 4 is 18.4 Å². The van der Waals surface area contributed by atoms with Crippen LogP contribution in [0.3, 0.4) is 0 Å². The highest BCUT2D eigenvalue weighted by Gasteiger charge is 2.33. The number of hydrogen-bond acceptors (Lipinski definition) is 3. The van der Waals surface area contributed by atoms with E-state index in [0.29, 0.717) is 13.0 Å². The number of carbonyl (C=O) groups is 1. The molecule has 0 unspecified atom stereocenters. The Kier molecular flexibility index (Phi) is 8.39. The zero-order valence-electron chi connectivity index (χ0n) is 11.2. The van der Waals surface area contributed by atoms with Crippen molar-refractivity contribution in [2.24, 2.45) is 5.73 Å². The Morgan fingerprint density at radius 3 is 2.53 bits per heavy atom. The Labute approximate surface area is 120 Å². The molecule has 0 amide bonds. The molecule has 0 aliphatic carbocycles. The van der Waals surface area contributed by atoms with Crippen LogP contribution in [0, 0.1) is 0 Å². The number of rotatable bonds is 8. The van der Waals surface area contributed by atoms with Crippen LogP contribution in [0.5, 0.6) is 0 Å². The van der Waals surface area contributed by atoms with Crippen LogP contribution < -0.4 is 5.73 Å². The molecule has 0 radical (unpaired) electrons. The molecule has 5 heteroatoms.